The second-order valence-electron chi connectivity index (χ2n) is 6.09. The molecule has 19 heavy (non-hydrogen) atoms. The number of aromatic nitrogens is 2. The lowest BCUT2D eigenvalue weighted by molar-refractivity contribution is 0.274. The Morgan fingerprint density at radius 1 is 1.16 bits per heavy atom. The molecule has 1 atom stereocenters. The van der Waals surface area contributed by atoms with Crippen LogP contribution >= 0.6 is 0 Å². The fourth-order valence-electron chi connectivity index (χ4n) is 1.70. The van der Waals surface area contributed by atoms with Gasteiger partial charge in [-0.3, -0.25) is 0 Å². The number of para-hydroxylation sites is 2. The largest absolute Gasteiger partial charge is 0.381 e. The second-order valence-corrected chi connectivity index (χ2v) is 6.09. The molecule has 0 aliphatic heterocycles. The number of fused-ring (bicyclic) bond motifs is 1. The van der Waals surface area contributed by atoms with Crippen LogP contribution in [0.5, 0.6) is 0 Å². The normalized spacial score (nSPS) is 13.5. The van der Waals surface area contributed by atoms with Crippen molar-refractivity contribution in [3.8, 4) is 0 Å². The van der Waals surface area contributed by atoms with Crippen molar-refractivity contribution in [3.63, 3.8) is 0 Å². The molecule has 0 aliphatic carbocycles. The van der Waals surface area contributed by atoms with Gasteiger partial charge in [-0.15, -0.1) is 0 Å². The number of nitrogens with zero attached hydrogens (tertiary/aromatic N) is 2. The smallest absolute Gasteiger partial charge is 0.169 e. The van der Waals surface area contributed by atoms with Gasteiger partial charge < -0.3 is 11.1 Å². The van der Waals surface area contributed by atoms with E-state index in [9.17, 15) is 0 Å². The Hall–Kier alpha value is -1.84. The Balaban J connectivity index is 2.19. The monoisotopic (exact) mass is 258 g/mol. The molecule has 0 radical (unpaired) electrons. The van der Waals surface area contributed by atoms with Gasteiger partial charge in [-0.1, -0.05) is 39.8 Å². The van der Waals surface area contributed by atoms with Crippen molar-refractivity contribution >= 4 is 22.7 Å². The minimum absolute atomic E-state index is 0.256. The molecular formula is C15H22N4. The molecule has 2 aromatic rings. The Labute approximate surface area is 114 Å². The quantitative estimate of drug-likeness (QED) is 0.886. The molecule has 0 fully saturated rings. The average molecular weight is 258 g/mol. The molecule has 2 rings (SSSR count). The number of rotatable bonds is 3. The fraction of sp³-hybridized carbons (Fsp3) is 0.467. The highest BCUT2D eigenvalue weighted by molar-refractivity contribution is 5.79. The van der Waals surface area contributed by atoms with Crippen LogP contribution in [0.15, 0.2) is 24.3 Å². The van der Waals surface area contributed by atoms with E-state index in [0.717, 1.165) is 17.6 Å². The van der Waals surface area contributed by atoms with Gasteiger partial charge in [0.1, 0.15) is 0 Å². The zero-order chi connectivity index (χ0) is 14.0. The van der Waals surface area contributed by atoms with Crippen LogP contribution < -0.4 is 11.1 Å². The van der Waals surface area contributed by atoms with Gasteiger partial charge in [0.25, 0.3) is 0 Å². The van der Waals surface area contributed by atoms with Gasteiger partial charge in [0.2, 0.25) is 0 Å². The molecule has 1 heterocycles. The Kier molecular flexibility index (Phi) is 3.60. The van der Waals surface area contributed by atoms with E-state index in [0.29, 0.717) is 17.6 Å². The van der Waals surface area contributed by atoms with E-state index < -0.39 is 0 Å². The van der Waals surface area contributed by atoms with Gasteiger partial charge in [0.15, 0.2) is 11.6 Å². The molecule has 0 saturated heterocycles. The van der Waals surface area contributed by atoms with E-state index in [4.69, 9.17) is 5.73 Å². The van der Waals surface area contributed by atoms with Crippen molar-refractivity contribution in [3.05, 3.63) is 24.3 Å². The standard InChI is InChI=1S/C15H22N4/c1-10(15(2,3)4)9-17-14-13(16)18-11-7-5-6-8-12(11)19-14/h5-8,10H,9H2,1-4H3,(H2,16,18)(H,17,19). The van der Waals surface area contributed by atoms with Crippen molar-refractivity contribution in [2.75, 3.05) is 17.6 Å². The highest BCUT2D eigenvalue weighted by atomic mass is 15.1. The third-order valence-electron chi connectivity index (χ3n) is 3.65. The van der Waals surface area contributed by atoms with Crippen molar-refractivity contribution in [2.24, 2.45) is 11.3 Å². The number of nitrogens with one attached hydrogen (secondary N) is 1. The van der Waals surface area contributed by atoms with Crippen LogP contribution in [-0.4, -0.2) is 16.5 Å². The number of hydrogen-bond acceptors (Lipinski definition) is 4. The molecule has 1 aromatic carbocycles. The van der Waals surface area contributed by atoms with Crippen LogP contribution in [0.3, 0.4) is 0 Å². The third kappa shape index (κ3) is 3.13. The SMILES string of the molecule is CC(CNc1nc2ccccc2nc1N)C(C)(C)C. The van der Waals surface area contributed by atoms with E-state index in [1.54, 1.807) is 0 Å². The molecule has 0 amide bonds. The van der Waals surface area contributed by atoms with Crippen LogP contribution in [0.1, 0.15) is 27.7 Å². The molecule has 0 bridgehead atoms. The van der Waals surface area contributed by atoms with Crippen molar-refractivity contribution < 1.29 is 0 Å². The first-order chi connectivity index (χ1) is 8.88. The molecule has 1 unspecified atom stereocenters. The van der Waals surface area contributed by atoms with Crippen molar-refractivity contribution in [1.82, 2.24) is 9.97 Å². The van der Waals surface area contributed by atoms with Gasteiger partial charge in [-0.2, -0.15) is 0 Å². The molecule has 102 valence electrons. The van der Waals surface area contributed by atoms with Crippen LogP contribution in [0.2, 0.25) is 0 Å². The summed E-state index contributed by atoms with van der Waals surface area (Å²) in [5.74, 6) is 1.65. The lowest BCUT2D eigenvalue weighted by atomic mass is 9.82. The first kappa shape index (κ1) is 13.6. The summed E-state index contributed by atoms with van der Waals surface area (Å²) in [5.41, 5.74) is 7.89. The molecule has 1 aromatic heterocycles. The topological polar surface area (TPSA) is 63.8 Å². The summed E-state index contributed by atoms with van der Waals surface area (Å²) in [4.78, 5) is 8.90. The lowest BCUT2D eigenvalue weighted by Gasteiger charge is -2.27. The zero-order valence-electron chi connectivity index (χ0n) is 12.1. The summed E-state index contributed by atoms with van der Waals surface area (Å²) in [7, 11) is 0. The summed E-state index contributed by atoms with van der Waals surface area (Å²) >= 11 is 0. The molecule has 0 spiro atoms. The number of anilines is 2. The lowest BCUT2D eigenvalue weighted by Crippen LogP contribution is -2.25. The molecule has 0 aliphatic rings. The number of nitrogens with two attached hydrogens (primary N) is 1. The molecule has 4 heteroatoms. The fourth-order valence-corrected chi connectivity index (χ4v) is 1.70. The highest BCUT2D eigenvalue weighted by Crippen LogP contribution is 2.26. The van der Waals surface area contributed by atoms with Gasteiger partial charge in [-0.05, 0) is 23.5 Å². The van der Waals surface area contributed by atoms with E-state index >= 15 is 0 Å². The molecule has 4 nitrogen and oxygen atoms in total. The van der Waals surface area contributed by atoms with E-state index in [1.165, 1.54) is 0 Å². The Morgan fingerprint density at radius 3 is 2.32 bits per heavy atom. The van der Waals surface area contributed by atoms with Crippen LogP contribution in [0.25, 0.3) is 11.0 Å². The first-order valence-electron chi connectivity index (χ1n) is 6.64. The van der Waals surface area contributed by atoms with Gasteiger partial charge in [0, 0.05) is 6.54 Å². The van der Waals surface area contributed by atoms with E-state index in [2.05, 4.69) is 43.0 Å². The predicted octanol–water partition coefficient (Wildman–Crippen LogP) is 3.31. The minimum Gasteiger partial charge on any atom is -0.381 e. The molecular weight excluding hydrogens is 236 g/mol. The summed E-state index contributed by atoms with van der Waals surface area (Å²) < 4.78 is 0. The van der Waals surface area contributed by atoms with Crippen LogP contribution in [-0.2, 0) is 0 Å². The first-order valence-corrected chi connectivity index (χ1v) is 6.64. The van der Waals surface area contributed by atoms with E-state index in [1.807, 2.05) is 24.3 Å². The van der Waals surface area contributed by atoms with Crippen molar-refractivity contribution in [2.45, 2.75) is 27.7 Å². The molecule has 3 N–H and O–H groups in total. The third-order valence-corrected chi connectivity index (χ3v) is 3.65. The average Bonchev–Trinajstić information content (AvgIpc) is 2.34. The number of benzene rings is 1. The number of hydrogen-bond donors (Lipinski definition) is 2. The summed E-state index contributed by atoms with van der Waals surface area (Å²) in [6.45, 7) is 9.75. The van der Waals surface area contributed by atoms with Crippen LogP contribution in [0.4, 0.5) is 11.6 Å². The number of nitrogen functional groups attached to an aromatic ring is 1. The van der Waals surface area contributed by atoms with Gasteiger partial charge in [-0.25, -0.2) is 9.97 Å². The Bertz CT molecular complexity index is 572. The second kappa shape index (κ2) is 5.03. The highest BCUT2D eigenvalue weighted by Gasteiger charge is 2.20. The Morgan fingerprint density at radius 2 is 1.74 bits per heavy atom. The maximum absolute atomic E-state index is 5.95. The van der Waals surface area contributed by atoms with Crippen molar-refractivity contribution in [1.29, 1.82) is 0 Å². The maximum Gasteiger partial charge on any atom is 0.169 e. The molecule has 0 saturated carbocycles. The zero-order valence-corrected chi connectivity index (χ0v) is 12.1. The summed E-state index contributed by atoms with van der Waals surface area (Å²) in [6, 6.07) is 7.75. The van der Waals surface area contributed by atoms with Gasteiger partial charge >= 0.3 is 0 Å². The predicted molar refractivity (Wildman–Crippen MR) is 81.1 cm³/mol. The van der Waals surface area contributed by atoms with E-state index in [-0.39, 0.29) is 5.41 Å². The minimum atomic E-state index is 0.256. The van der Waals surface area contributed by atoms with Gasteiger partial charge in [0.05, 0.1) is 11.0 Å². The van der Waals surface area contributed by atoms with Crippen LogP contribution in [0, 0.1) is 11.3 Å². The maximum atomic E-state index is 5.95. The summed E-state index contributed by atoms with van der Waals surface area (Å²) in [6.07, 6.45) is 0. The summed E-state index contributed by atoms with van der Waals surface area (Å²) in [5, 5.41) is 3.31.